The number of benzene rings is 1. The first-order chi connectivity index (χ1) is 9.51. The van der Waals surface area contributed by atoms with Crippen molar-refractivity contribution in [3.05, 3.63) is 24.3 Å². The number of aliphatic hydroxyl groups excluding tert-OH is 1. The van der Waals surface area contributed by atoms with Crippen LogP contribution in [-0.2, 0) is 0 Å². The summed E-state index contributed by atoms with van der Waals surface area (Å²) in [5, 5.41) is 15.0. The lowest BCUT2D eigenvalue weighted by atomic mass is 10.1. The standard InChI is InChI=1S/C15H24N2O3/c1-4-20-14-7-5-12(6-8-14)17-15(19)16-10-13(18)9-11(2)3/h5-8,11,13,18H,4,9-10H2,1-3H3,(H2,16,17,19). The third-order valence-electron chi connectivity index (χ3n) is 2.66. The lowest BCUT2D eigenvalue weighted by Gasteiger charge is -2.14. The molecule has 0 bridgehead atoms. The van der Waals surface area contributed by atoms with Crippen molar-refractivity contribution >= 4 is 11.7 Å². The average Bonchev–Trinajstić information content (AvgIpc) is 2.38. The predicted molar refractivity (Wildman–Crippen MR) is 80.1 cm³/mol. The molecule has 20 heavy (non-hydrogen) atoms. The zero-order chi connectivity index (χ0) is 15.0. The van der Waals surface area contributed by atoms with E-state index in [-0.39, 0.29) is 12.6 Å². The number of carbonyl (C=O) groups excluding carboxylic acids is 1. The number of ether oxygens (including phenoxy) is 1. The van der Waals surface area contributed by atoms with E-state index in [1.807, 2.05) is 20.8 Å². The molecular weight excluding hydrogens is 256 g/mol. The highest BCUT2D eigenvalue weighted by Gasteiger charge is 2.09. The number of carbonyl (C=O) groups is 1. The second-order valence-electron chi connectivity index (χ2n) is 5.08. The molecule has 1 rings (SSSR count). The molecule has 0 spiro atoms. The summed E-state index contributed by atoms with van der Waals surface area (Å²) in [7, 11) is 0. The van der Waals surface area contributed by atoms with E-state index in [4.69, 9.17) is 4.74 Å². The summed E-state index contributed by atoms with van der Waals surface area (Å²) >= 11 is 0. The Hall–Kier alpha value is -1.75. The van der Waals surface area contributed by atoms with Gasteiger partial charge in [0.05, 0.1) is 12.7 Å². The number of hydrogen-bond donors (Lipinski definition) is 3. The quantitative estimate of drug-likeness (QED) is 0.719. The van der Waals surface area contributed by atoms with Gasteiger partial charge >= 0.3 is 6.03 Å². The number of amides is 2. The zero-order valence-corrected chi connectivity index (χ0v) is 12.3. The number of hydrogen-bond acceptors (Lipinski definition) is 3. The van der Waals surface area contributed by atoms with Gasteiger partial charge in [0.1, 0.15) is 5.75 Å². The van der Waals surface area contributed by atoms with Gasteiger partial charge in [-0.3, -0.25) is 0 Å². The van der Waals surface area contributed by atoms with E-state index in [0.29, 0.717) is 24.6 Å². The lowest BCUT2D eigenvalue weighted by Crippen LogP contribution is -2.35. The third-order valence-corrected chi connectivity index (χ3v) is 2.66. The summed E-state index contributed by atoms with van der Waals surface area (Å²) in [6.07, 6.45) is 0.157. The molecule has 0 saturated carbocycles. The van der Waals surface area contributed by atoms with Crippen molar-refractivity contribution in [1.82, 2.24) is 5.32 Å². The van der Waals surface area contributed by atoms with Gasteiger partial charge in [0, 0.05) is 12.2 Å². The molecule has 2 amide bonds. The van der Waals surface area contributed by atoms with Crippen LogP contribution in [0.4, 0.5) is 10.5 Å². The number of rotatable bonds is 7. The molecule has 1 aromatic carbocycles. The van der Waals surface area contributed by atoms with Crippen LogP contribution in [0.25, 0.3) is 0 Å². The molecule has 0 saturated heterocycles. The monoisotopic (exact) mass is 280 g/mol. The van der Waals surface area contributed by atoms with Crippen LogP contribution in [0.2, 0.25) is 0 Å². The van der Waals surface area contributed by atoms with Crippen LogP contribution in [0.15, 0.2) is 24.3 Å². The van der Waals surface area contributed by atoms with Crippen LogP contribution >= 0.6 is 0 Å². The summed E-state index contributed by atoms with van der Waals surface area (Å²) in [5.74, 6) is 1.17. The Morgan fingerprint density at radius 3 is 2.50 bits per heavy atom. The summed E-state index contributed by atoms with van der Waals surface area (Å²) in [6.45, 7) is 6.84. The molecule has 0 heterocycles. The largest absolute Gasteiger partial charge is 0.494 e. The van der Waals surface area contributed by atoms with Gasteiger partial charge in [-0.25, -0.2) is 4.79 Å². The molecule has 0 aliphatic rings. The Balaban J connectivity index is 2.34. The summed E-state index contributed by atoms with van der Waals surface area (Å²) < 4.78 is 5.32. The van der Waals surface area contributed by atoms with E-state index < -0.39 is 6.10 Å². The topological polar surface area (TPSA) is 70.6 Å². The van der Waals surface area contributed by atoms with E-state index in [1.165, 1.54) is 0 Å². The molecule has 0 aromatic heterocycles. The van der Waals surface area contributed by atoms with E-state index in [2.05, 4.69) is 10.6 Å². The number of aliphatic hydroxyl groups is 1. The lowest BCUT2D eigenvalue weighted by molar-refractivity contribution is 0.148. The van der Waals surface area contributed by atoms with Crippen LogP contribution in [0.5, 0.6) is 5.75 Å². The van der Waals surface area contributed by atoms with Crippen molar-refractivity contribution < 1.29 is 14.6 Å². The summed E-state index contributed by atoms with van der Waals surface area (Å²) in [6, 6.07) is 6.82. The Labute approximate surface area is 120 Å². The second-order valence-corrected chi connectivity index (χ2v) is 5.08. The van der Waals surface area contributed by atoms with E-state index in [1.54, 1.807) is 24.3 Å². The first-order valence-electron chi connectivity index (χ1n) is 6.97. The van der Waals surface area contributed by atoms with E-state index in [0.717, 1.165) is 5.75 Å². The molecule has 0 aliphatic heterocycles. The molecule has 3 N–H and O–H groups in total. The molecule has 5 nitrogen and oxygen atoms in total. The van der Waals surface area contributed by atoms with Crippen molar-refractivity contribution in [1.29, 1.82) is 0 Å². The smallest absolute Gasteiger partial charge is 0.319 e. The van der Waals surface area contributed by atoms with Gasteiger partial charge < -0.3 is 20.5 Å². The molecule has 1 aromatic rings. The normalized spacial score (nSPS) is 12.1. The fourth-order valence-corrected chi connectivity index (χ4v) is 1.81. The summed E-state index contributed by atoms with van der Waals surface area (Å²) in [4.78, 5) is 11.6. The minimum atomic E-state index is -0.513. The van der Waals surface area contributed by atoms with E-state index >= 15 is 0 Å². The number of urea groups is 1. The average molecular weight is 280 g/mol. The maximum atomic E-state index is 11.6. The minimum absolute atomic E-state index is 0.251. The van der Waals surface area contributed by atoms with Crippen LogP contribution in [0, 0.1) is 5.92 Å². The zero-order valence-electron chi connectivity index (χ0n) is 12.3. The van der Waals surface area contributed by atoms with Gasteiger partial charge in [0.2, 0.25) is 0 Å². The fourth-order valence-electron chi connectivity index (χ4n) is 1.81. The third kappa shape index (κ3) is 6.43. The molecule has 0 aliphatic carbocycles. The SMILES string of the molecule is CCOc1ccc(NC(=O)NCC(O)CC(C)C)cc1. The minimum Gasteiger partial charge on any atom is -0.494 e. The summed E-state index contributed by atoms with van der Waals surface area (Å²) in [5.41, 5.74) is 0.685. The van der Waals surface area contributed by atoms with Crippen molar-refractivity contribution in [2.75, 3.05) is 18.5 Å². The van der Waals surface area contributed by atoms with Gasteiger partial charge in [0.25, 0.3) is 0 Å². The fraction of sp³-hybridized carbons (Fsp3) is 0.533. The number of anilines is 1. The highest BCUT2D eigenvalue weighted by molar-refractivity contribution is 5.89. The Morgan fingerprint density at radius 2 is 1.95 bits per heavy atom. The molecule has 5 heteroatoms. The molecule has 1 atom stereocenters. The molecular formula is C15H24N2O3. The van der Waals surface area contributed by atoms with Crippen molar-refractivity contribution in [2.24, 2.45) is 5.92 Å². The van der Waals surface area contributed by atoms with Gasteiger partial charge in [-0.05, 0) is 43.5 Å². The maximum absolute atomic E-state index is 11.6. The molecule has 0 fully saturated rings. The van der Waals surface area contributed by atoms with Gasteiger partial charge in [-0.1, -0.05) is 13.8 Å². The van der Waals surface area contributed by atoms with Crippen molar-refractivity contribution in [3.8, 4) is 5.75 Å². The van der Waals surface area contributed by atoms with Crippen LogP contribution < -0.4 is 15.4 Å². The number of nitrogens with one attached hydrogen (secondary N) is 2. The van der Waals surface area contributed by atoms with Gasteiger partial charge in [0.15, 0.2) is 0 Å². The van der Waals surface area contributed by atoms with E-state index in [9.17, 15) is 9.90 Å². The molecule has 112 valence electrons. The predicted octanol–water partition coefficient (Wildman–Crippen LogP) is 2.61. The van der Waals surface area contributed by atoms with Crippen molar-refractivity contribution in [3.63, 3.8) is 0 Å². The Bertz CT molecular complexity index is 404. The molecule has 1 unspecified atom stereocenters. The van der Waals surface area contributed by atoms with Gasteiger partial charge in [-0.15, -0.1) is 0 Å². The maximum Gasteiger partial charge on any atom is 0.319 e. The van der Waals surface area contributed by atoms with Crippen molar-refractivity contribution in [2.45, 2.75) is 33.3 Å². The Morgan fingerprint density at radius 1 is 1.30 bits per heavy atom. The van der Waals surface area contributed by atoms with Crippen LogP contribution in [-0.4, -0.2) is 30.4 Å². The van der Waals surface area contributed by atoms with Gasteiger partial charge in [-0.2, -0.15) is 0 Å². The van der Waals surface area contributed by atoms with Crippen LogP contribution in [0.3, 0.4) is 0 Å². The Kier molecular flexibility index (Phi) is 6.87. The first kappa shape index (κ1) is 16.3. The van der Waals surface area contributed by atoms with Crippen LogP contribution in [0.1, 0.15) is 27.2 Å². The highest BCUT2D eigenvalue weighted by atomic mass is 16.5. The molecule has 0 radical (unpaired) electrons. The first-order valence-corrected chi connectivity index (χ1v) is 6.97. The highest BCUT2D eigenvalue weighted by Crippen LogP contribution is 2.15. The second kappa shape index (κ2) is 8.43.